The Bertz CT molecular complexity index is 935. The lowest BCUT2D eigenvalue weighted by atomic mass is 10.2. The van der Waals surface area contributed by atoms with Crippen LogP contribution in [0.2, 0.25) is 5.02 Å². The summed E-state index contributed by atoms with van der Waals surface area (Å²) in [5, 5.41) is 7.47. The fourth-order valence-corrected chi connectivity index (χ4v) is 2.59. The molecule has 1 unspecified atom stereocenters. The summed E-state index contributed by atoms with van der Waals surface area (Å²) >= 11 is 6.02. The molecule has 0 radical (unpaired) electrons. The van der Waals surface area contributed by atoms with E-state index < -0.39 is 0 Å². The van der Waals surface area contributed by atoms with Gasteiger partial charge in [-0.1, -0.05) is 23.7 Å². The molecular weight excluding hydrogens is 342 g/mol. The molecule has 7 heteroatoms. The molecule has 0 aliphatic heterocycles. The third-order valence-electron chi connectivity index (χ3n) is 3.69. The lowest BCUT2D eigenvalue weighted by molar-refractivity contribution is 0.0947. The van der Waals surface area contributed by atoms with E-state index in [0.717, 1.165) is 0 Å². The van der Waals surface area contributed by atoms with Gasteiger partial charge in [0.2, 0.25) is 0 Å². The third kappa shape index (κ3) is 3.80. The van der Waals surface area contributed by atoms with Crippen LogP contribution in [0.15, 0.2) is 64.0 Å². The van der Waals surface area contributed by atoms with Gasteiger partial charge in [-0.25, -0.2) is 4.68 Å². The van der Waals surface area contributed by atoms with Crippen LogP contribution in [-0.2, 0) is 0 Å². The summed E-state index contributed by atoms with van der Waals surface area (Å²) in [6, 6.07) is 13.0. The van der Waals surface area contributed by atoms with Crippen molar-refractivity contribution in [1.82, 2.24) is 15.1 Å². The van der Waals surface area contributed by atoms with Crippen LogP contribution in [0.25, 0.3) is 11.5 Å². The van der Waals surface area contributed by atoms with Crippen molar-refractivity contribution in [2.24, 2.45) is 0 Å². The number of benzene rings is 1. The highest BCUT2D eigenvalue weighted by Crippen LogP contribution is 2.17. The van der Waals surface area contributed by atoms with Crippen LogP contribution in [-0.4, -0.2) is 22.2 Å². The zero-order valence-electron chi connectivity index (χ0n) is 13.5. The van der Waals surface area contributed by atoms with E-state index in [1.807, 2.05) is 0 Å². The highest BCUT2D eigenvalue weighted by Gasteiger charge is 2.14. The van der Waals surface area contributed by atoms with Gasteiger partial charge in [0, 0.05) is 12.6 Å². The first-order valence-corrected chi connectivity index (χ1v) is 8.10. The minimum Gasteiger partial charge on any atom is -0.463 e. The van der Waals surface area contributed by atoms with Crippen molar-refractivity contribution in [2.75, 3.05) is 6.54 Å². The van der Waals surface area contributed by atoms with E-state index in [1.54, 1.807) is 55.7 Å². The van der Waals surface area contributed by atoms with Gasteiger partial charge in [-0.15, -0.1) is 0 Å². The van der Waals surface area contributed by atoms with Crippen molar-refractivity contribution < 1.29 is 9.21 Å². The van der Waals surface area contributed by atoms with Crippen LogP contribution in [0, 0.1) is 0 Å². The molecule has 0 fully saturated rings. The molecule has 6 nitrogen and oxygen atoms in total. The van der Waals surface area contributed by atoms with E-state index in [9.17, 15) is 9.59 Å². The van der Waals surface area contributed by atoms with Crippen LogP contribution in [0.4, 0.5) is 0 Å². The Morgan fingerprint density at radius 2 is 2.04 bits per heavy atom. The molecule has 128 valence electrons. The zero-order valence-corrected chi connectivity index (χ0v) is 14.2. The molecule has 0 aliphatic carbocycles. The van der Waals surface area contributed by atoms with Crippen LogP contribution in [0.1, 0.15) is 23.3 Å². The van der Waals surface area contributed by atoms with E-state index >= 15 is 0 Å². The molecule has 25 heavy (non-hydrogen) atoms. The summed E-state index contributed by atoms with van der Waals surface area (Å²) in [5.41, 5.74) is 0.685. The molecule has 3 rings (SSSR count). The molecule has 1 amide bonds. The molecule has 2 aromatic heterocycles. The Morgan fingerprint density at radius 1 is 1.24 bits per heavy atom. The number of rotatable bonds is 5. The van der Waals surface area contributed by atoms with Gasteiger partial charge in [0.05, 0.1) is 22.9 Å². The van der Waals surface area contributed by atoms with Crippen LogP contribution in [0.5, 0.6) is 0 Å². The van der Waals surface area contributed by atoms with Gasteiger partial charge in [-0.2, -0.15) is 5.10 Å². The number of nitrogens with zero attached hydrogens (tertiary/aromatic N) is 2. The average molecular weight is 358 g/mol. The Labute approximate surface area is 149 Å². The number of hydrogen-bond donors (Lipinski definition) is 1. The van der Waals surface area contributed by atoms with Gasteiger partial charge in [0.1, 0.15) is 5.69 Å². The van der Waals surface area contributed by atoms with E-state index in [4.69, 9.17) is 16.0 Å². The second-order valence-corrected chi connectivity index (χ2v) is 5.92. The second kappa shape index (κ2) is 7.36. The molecule has 0 bridgehead atoms. The first-order valence-electron chi connectivity index (χ1n) is 7.72. The van der Waals surface area contributed by atoms with E-state index in [2.05, 4.69) is 10.4 Å². The molecular formula is C18H16ClN3O3. The van der Waals surface area contributed by atoms with Crippen molar-refractivity contribution in [3.8, 4) is 11.5 Å². The maximum atomic E-state index is 12.2. The van der Waals surface area contributed by atoms with Crippen molar-refractivity contribution in [1.29, 1.82) is 0 Å². The molecule has 0 aliphatic rings. The predicted molar refractivity (Wildman–Crippen MR) is 94.7 cm³/mol. The van der Waals surface area contributed by atoms with Gasteiger partial charge >= 0.3 is 0 Å². The summed E-state index contributed by atoms with van der Waals surface area (Å²) in [4.78, 5) is 24.3. The number of nitrogens with one attached hydrogen (secondary N) is 1. The maximum Gasteiger partial charge on any atom is 0.267 e. The van der Waals surface area contributed by atoms with Gasteiger partial charge in [-0.05, 0) is 37.3 Å². The minimum atomic E-state index is -0.339. The topological polar surface area (TPSA) is 77.1 Å². The number of hydrogen-bond acceptors (Lipinski definition) is 4. The quantitative estimate of drug-likeness (QED) is 0.761. The predicted octanol–water partition coefficient (Wildman–Crippen LogP) is 3.15. The van der Waals surface area contributed by atoms with Gasteiger partial charge in [0.25, 0.3) is 11.5 Å². The number of halogens is 1. The fraction of sp³-hybridized carbons (Fsp3) is 0.167. The fourth-order valence-electron chi connectivity index (χ4n) is 2.36. The molecule has 2 heterocycles. The van der Waals surface area contributed by atoms with Crippen molar-refractivity contribution in [3.63, 3.8) is 0 Å². The molecule has 0 saturated heterocycles. The number of furan rings is 1. The number of carbonyl (C=O) groups is 1. The Kier molecular flexibility index (Phi) is 5.00. The summed E-state index contributed by atoms with van der Waals surface area (Å²) in [7, 11) is 0. The van der Waals surface area contributed by atoms with Crippen LogP contribution >= 0.6 is 11.6 Å². The summed E-state index contributed by atoms with van der Waals surface area (Å²) in [6.45, 7) is 2.03. The zero-order chi connectivity index (χ0) is 17.8. The largest absolute Gasteiger partial charge is 0.463 e. The summed E-state index contributed by atoms with van der Waals surface area (Å²) in [6.07, 6.45) is 1.54. The molecule has 1 aromatic carbocycles. The Morgan fingerprint density at radius 3 is 2.76 bits per heavy atom. The summed E-state index contributed by atoms with van der Waals surface area (Å²) in [5.74, 6) is 0.272. The van der Waals surface area contributed by atoms with Crippen LogP contribution < -0.4 is 10.9 Å². The van der Waals surface area contributed by atoms with E-state index in [1.165, 1.54) is 10.7 Å². The Hall–Kier alpha value is -2.86. The minimum absolute atomic E-state index is 0.235. The SMILES string of the molecule is CC(CNC(=O)c1ccccc1Cl)n1nc(-c2ccco2)ccc1=O. The smallest absolute Gasteiger partial charge is 0.267 e. The molecule has 0 spiro atoms. The first-order chi connectivity index (χ1) is 12.1. The molecule has 1 N–H and O–H groups in total. The second-order valence-electron chi connectivity index (χ2n) is 5.52. The first kappa shape index (κ1) is 17.0. The van der Waals surface area contributed by atoms with E-state index in [0.29, 0.717) is 22.0 Å². The number of aromatic nitrogens is 2. The van der Waals surface area contributed by atoms with Crippen molar-refractivity contribution in [2.45, 2.75) is 13.0 Å². The standard InChI is InChI=1S/C18H16ClN3O3/c1-12(11-20-18(24)13-5-2-3-6-14(13)19)22-17(23)9-8-15(21-22)16-7-4-10-25-16/h2-10,12H,11H2,1H3,(H,20,24). The lowest BCUT2D eigenvalue weighted by Crippen LogP contribution is -2.35. The van der Waals surface area contributed by atoms with Crippen LogP contribution in [0.3, 0.4) is 0 Å². The van der Waals surface area contributed by atoms with E-state index in [-0.39, 0.29) is 24.1 Å². The third-order valence-corrected chi connectivity index (χ3v) is 4.02. The normalized spacial score (nSPS) is 11.9. The molecule has 1 atom stereocenters. The van der Waals surface area contributed by atoms with Crippen molar-refractivity contribution in [3.05, 3.63) is 75.7 Å². The lowest BCUT2D eigenvalue weighted by Gasteiger charge is -2.15. The highest BCUT2D eigenvalue weighted by atomic mass is 35.5. The monoisotopic (exact) mass is 357 g/mol. The number of amides is 1. The van der Waals surface area contributed by atoms with Gasteiger partial charge in [-0.3, -0.25) is 9.59 Å². The Balaban J connectivity index is 1.74. The van der Waals surface area contributed by atoms with Crippen molar-refractivity contribution >= 4 is 17.5 Å². The van der Waals surface area contributed by atoms with Gasteiger partial charge < -0.3 is 9.73 Å². The average Bonchev–Trinajstić information content (AvgIpc) is 3.15. The number of carbonyl (C=O) groups excluding carboxylic acids is 1. The highest BCUT2D eigenvalue weighted by molar-refractivity contribution is 6.33. The molecule has 3 aromatic rings. The maximum absolute atomic E-state index is 12.2. The van der Waals surface area contributed by atoms with Gasteiger partial charge in [0.15, 0.2) is 5.76 Å². The summed E-state index contributed by atoms with van der Waals surface area (Å²) < 4.78 is 6.63. The molecule has 0 saturated carbocycles.